The topological polar surface area (TPSA) is 64.6 Å². The van der Waals surface area contributed by atoms with Gasteiger partial charge < -0.3 is 13.1 Å². The number of halogens is 3. The number of hydrogen-bond donors (Lipinski definition) is 1. The highest BCUT2D eigenvalue weighted by molar-refractivity contribution is 14.1. The summed E-state index contributed by atoms with van der Waals surface area (Å²) in [6.07, 6.45) is 2.60. The molecule has 0 saturated carbocycles. The third kappa shape index (κ3) is 4.93. The first-order valence-corrected chi connectivity index (χ1v) is 11.6. The Morgan fingerprint density at radius 2 is 1.91 bits per heavy atom. The SMILES string of the molecule is O=C(Nc1scc(C2CCc3ccccc3C2)c1C(=O)OI)c1cccc(OC(F)F)c1. The van der Waals surface area contributed by atoms with E-state index >= 15 is 0 Å². The quantitative estimate of drug-likeness (QED) is 0.350. The fourth-order valence-electron chi connectivity index (χ4n) is 3.96. The first-order valence-electron chi connectivity index (χ1n) is 9.83. The molecule has 4 rings (SSSR count). The van der Waals surface area contributed by atoms with Crippen molar-refractivity contribution in [1.29, 1.82) is 0 Å². The van der Waals surface area contributed by atoms with Gasteiger partial charge >= 0.3 is 12.6 Å². The van der Waals surface area contributed by atoms with Gasteiger partial charge in [-0.1, -0.05) is 30.3 Å². The van der Waals surface area contributed by atoms with E-state index in [-0.39, 0.29) is 17.2 Å². The molecule has 0 bridgehead atoms. The summed E-state index contributed by atoms with van der Waals surface area (Å²) in [5, 5.41) is 4.98. The van der Waals surface area contributed by atoms with E-state index in [1.807, 2.05) is 17.5 Å². The zero-order chi connectivity index (χ0) is 22.7. The number of carbonyl (C=O) groups is 2. The third-order valence-corrected chi connectivity index (χ3v) is 6.74. The van der Waals surface area contributed by atoms with Crippen LogP contribution in [0.2, 0.25) is 0 Å². The fourth-order valence-corrected chi connectivity index (χ4v) is 5.21. The number of thiophene rings is 1. The number of alkyl halides is 2. The number of fused-ring (bicyclic) bond motifs is 1. The molecule has 1 aliphatic carbocycles. The van der Waals surface area contributed by atoms with Gasteiger partial charge in [0.15, 0.2) is 23.0 Å². The van der Waals surface area contributed by atoms with Gasteiger partial charge in [0.05, 0.1) is 5.56 Å². The van der Waals surface area contributed by atoms with Gasteiger partial charge in [0.2, 0.25) is 0 Å². The van der Waals surface area contributed by atoms with Gasteiger partial charge in [0, 0.05) is 5.56 Å². The van der Waals surface area contributed by atoms with Crippen LogP contribution in [0.4, 0.5) is 13.8 Å². The van der Waals surface area contributed by atoms with Crippen LogP contribution in [0, 0.1) is 0 Å². The molecule has 1 aromatic heterocycles. The molecule has 32 heavy (non-hydrogen) atoms. The zero-order valence-electron chi connectivity index (χ0n) is 16.6. The predicted octanol–water partition coefficient (Wildman–Crippen LogP) is 6.38. The molecule has 9 heteroatoms. The standard InChI is InChI=1S/C23H18F2INO4S/c24-23(25)30-17-7-3-6-16(11-17)20(28)27-21-19(22(29)31-26)18(12-32-21)15-9-8-13-4-1-2-5-14(13)10-15/h1-7,11-12,15,23H,8-10H2,(H,27,28). The first kappa shape index (κ1) is 22.7. The van der Waals surface area contributed by atoms with Crippen molar-refractivity contribution in [3.05, 3.63) is 81.7 Å². The minimum absolute atomic E-state index is 0.118. The summed E-state index contributed by atoms with van der Waals surface area (Å²) in [5.74, 6) is -1.06. The van der Waals surface area contributed by atoms with Crippen LogP contribution in [0.1, 0.15) is 49.7 Å². The van der Waals surface area contributed by atoms with Crippen LogP contribution in [0.15, 0.2) is 53.9 Å². The van der Waals surface area contributed by atoms with E-state index in [4.69, 9.17) is 3.07 Å². The minimum atomic E-state index is -2.99. The summed E-state index contributed by atoms with van der Waals surface area (Å²) in [4.78, 5) is 25.4. The van der Waals surface area contributed by atoms with Crippen molar-refractivity contribution in [2.75, 3.05) is 5.32 Å². The summed E-state index contributed by atoms with van der Waals surface area (Å²) in [6, 6.07) is 13.8. The Balaban J connectivity index is 1.60. The lowest BCUT2D eigenvalue weighted by Gasteiger charge is -2.25. The van der Waals surface area contributed by atoms with Crippen LogP contribution in [0.25, 0.3) is 0 Å². The average molecular weight is 569 g/mol. The van der Waals surface area contributed by atoms with E-state index in [1.165, 1.54) is 69.7 Å². The molecule has 1 N–H and O–H groups in total. The van der Waals surface area contributed by atoms with E-state index in [2.05, 4.69) is 22.2 Å². The molecule has 1 unspecified atom stereocenters. The molecule has 0 radical (unpaired) electrons. The third-order valence-electron chi connectivity index (χ3n) is 5.43. The molecule has 1 amide bonds. The first-order chi connectivity index (χ1) is 15.5. The second-order valence-electron chi connectivity index (χ2n) is 7.33. The van der Waals surface area contributed by atoms with Gasteiger partial charge in [0.1, 0.15) is 10.8 Å². The molecular formula is C23H18F2INO4S. The molecule has 1 heterocycles. The molecule has 166 valence electrons. The van der Waals surface area contributed by atoms with Crippen LogP contribution >= 0.6 is 34.3 Å². The lowest BCUT2D eigenvalue weighted by molar-refractivity contribution is -0.0498. The Bertz CT molecular complexity index is 1150. The number of aryl methyl sites for hydroxylation is 1. The van der Waals surface area contributed by atoms with E-state index in [0.29, 0.717) is 10.6 Å². The van der Waals surface area contributed by atoms with Gasteiger partial charge in [0.25, 0.3) is 5.91 Å². The molecule has 2 aromatic carbocycles. The normalized spacial score (nSPS) is 15.2. The summed E-state index contributed by atoms with van der Waals surface area (Å²) in [7, 11) is 0. The molecule has 0 spiro atoms. The van der Waals surface area contributed by atoms with Crippen molar-refractivity contribution in [1.82, 2.24) is 0 Å². The van der Waals surface area contributed by atoms with Crippen LogP contribution in [-0.4, -0.2) is 18.5 Å². The fraction of sp³-hybridized carbons (Fsp3) is 0.217. The summed E-state index contributed by atoms with van der Waals surface area (Å²) >= 11 is 2.78. The molecule has 1 atom stereocenters. The Hall–Kier alpha value is -2.53. The van der Waals surface area contributed by atoms with Gasteiger partial charge in [-0.05, 0) is 65.4 Å². The number of anilines is 1. The Labute approximate surface area is 201 Å². The van der Waals surface area contributed by atoms with E-state index in [0.717, 1.165) is 24.8 Å². The highest BCUT2D eigenvalue weighted by Crippen LogP contribution is 2.40. The second kappa shape index (κ2) is 9.95. The Morgan fingerprint density at radius 1 is 1.12 bits per heavy atom. The van der Waals surface area contributed by atoms with Gasteiger partial charge in [-0.15, -0.1) is 11.3 Å². The summed E-state index contributed by atoms with van der Waals surface area (Å²) < 4.78 is 34.3. The summed E-state index contributed by atoms with van der Waals surface area (Å²) in [6.45, 7) is -2.99. The molecular weight excluding hydrogens is 551 g/mol. The number of ether oxygens (including phenoxy) is 1. The molecule has 1 aliphatic rings. The van der Waals surface area contributed by atoms with Crippen molar-refractivity contribution >= 4 is 51.2 Å². The van der Waals surface area contributed by atoms with Crippen molar-refractivity contribution in [3.8, 4) is 5.75 Å². The number of amides is 1. The Morgan fingerprint density at radius 3 is 2.66 bits per heavy atom. The average Bonchev–Trinajstić information content (AvgIpc) is 3.21. The largest absolute Gasteiger partial charge is 0.435 e. The van der Waals surface area contributed by atoms with Gasteiger partial charge in [-0.25, -0.2) is 4.79 Å². The molecule has 0 saturated heterocycles. The second-order valence-corrected chi connectivity index (χ2v) is 8.65. The van der Waals surface area contributed by atoms with Gasteiger partial charge in [-0.2, -0.15) is 8.78 Å². The van der Waals surface area contributed by atoms with E-state index < -0.39 is 18.5 Å². The van der Waals surface area contributed by atoms with Crippen LogP contribution < -0.4 is 10.1 Å². The van der Waals surface area contributed by atoms with Crippen molar-refractivity contribution in [2.45, 2.75) is 31.8 Å². The Kier molecular flexibility index (Phi) is 7.04. The highest BCUT2D eigenvalue weighted by Gasteiger charge is 2.29. The minimum Gasteiger partial charge on any atom is -0.435 e. The maximum Gasteiger partial charge on any atom is 0.387 e. The highest BCUT2D eigenvalue weighted by atomic mass is 127. The van der Waals surface area contributed by atoms with Crippen LogP contribution in [0.5, 0.6) is 5.75 Å². The smallest absolute Gasteiger partial charge is 0.387 e. The van der Waals surface area contributed by atoms with Crippen LogP contribution in [0.3, 0.4) is 0 Å². The maximum atomic E-state index is 12.8. The predicted molar refractivity (Wildman–Crippen MR) is 126 cm³/mol. The number of carbonyl (C=O) groups excluding carboxylic acids is 2. The maximum absolute atomic E-state index is 12.8. The van der Waals surface area contributed by atoms with Crippen molar-refractivity contribution in [3.63, 3.8) is 0 Å². The number of hydrogen-bond acceptors (Lipinski definition) is 5. The number of nitrogens with one attached hydrogen (secondary N) is 1. The number of rotatable bonds is 6. The lowest BCUT2D eigenvalue weighted by atomic mass is 9.80. The van der Waals surface area contributed by atoms with Crippen LogP contribution in [-0.2, 0) is 15.9 Å². The molecule has 5 nitrogen and oxygen atoms in total. The van der Waals surface area contributed by atoms with Crippen molar-refractivity contribution < 1.29 is 26.2 Å². The van der Waals surface area contributed by atoms with Crippen molar-refractivity contribution in [2.24, 2.45) is 0 Å². The van der Waals surface area contributed by atoms with Gasteiger partial charge in [-0.3, -0.25) is 4.79 Å². The molecule has 0 aliphatic heterocycles. The molecule has 0 fully saturated rings. The monoisotopic (exact) mass is 569 g/mol. The lowest BCUT2D eigenvalue weighted by Crippen LogP contribution is -2.17. The molecule has 3 aromatic rings. The van der Waals surface area contributed by atoms with E-state index in [9.17, 15) is 18.4 Å². The zero-order valence-corrected chi connectivity index (χ0v) is 19.6. The number of benzene rings is 2. The van der Waals surface area contributed by atoms with E-state index in [1.54, 1.807) is 0 Å². The summed E-state index contributed by atoms with van der Waals surface area (Å²) in [5.41, 5.74) is 3.89.